The summed E-state index contributed by atoms with van der Waals surface area (Å²) in [4.78, 5) is 24.2. The predicted octanol–water partition coefficient (Wildman–Crippen LogP) is 3.28. The van der Waals surface area contributed by atoms with E-state index in [1.807, 2.05) is 6.92 Å². The first kappa shape index (κ1) is 25.0. The Morgan fingerprint density at radius 3 is 2.09 bits per heavy atom. The number of esters is 2. The van der Waals surface area contributed by atoms with E-state index in [0.717, 1.165) is 5.56 Å². The minimum atomic E-state index is -4.06. The molecule has 0 bridgehead atoms. The fourth-order valence-electron chi connectivity index (χ4n) is 3.42. The molecule has 0 aliphatic rings. The molecule has 180 valence electrons. The summed E-state index contributed by atoms with van der Waals surface area (Å²) in [6, 6.07) is 9.42. The van der Waals surface area contributed by atoms with E-state index in [9.17, 15) is 18.0 Å². The quantitative estimate of drug-likeness (QED) is 0.450. The number of hydrogen-bond acceptors (Lipinski definition) is 7. The summed E-state index contributed by atoms with van der Waals surface area (Å²) in [5, 5.41) is 0. The number of benzene rings is 1. The fraction of sp³-hybridized carbons (Fsp3) is 0.250. The zero-order chi connectivity index (χ0) is 25.0. The van der Waals surface area contributed by atoms with Crippen molar-refractivity contribution >= 4 is 32.8 Å². The largest absolute Gasteiger partial charge is 0.465 e. The van der Waals surface area contributed by atoms with E-state index in [2.05, 4.69) is 0 Å². The molecule has 0 unspecified atom stereocenters. The molecular formula is C24H26N2O7S. The Bertz CT molecular complexity index is 1350. The molecule has 9 nitrogen and oxygen atoms in total. The van der Waals surface area contributed by atoms with Gasteiger partial charge in [-0.05, 0) is 37.3 Å². The Morgan fingerprint density at radius 2 is 1.53 bits per heavy atom. The van der Waals surface area contributed by atoms with Gasteiger partial charge in [-0.3, -0.25) is 0 Å². The third kappa shape index (κ3) is 4.97. The van der Waals surface area contributed by atoms with Gasteiger partial charge in [0.15, 0.2) is 0 Å². The van der Waals surface area contributed by atoms with Gasteiger partial charge < -0.3 is 23.3 Å². The van der Waals surface area contributed by atoms with E-state index in [4.69, 9.17) is 14.2 Å². The fourth-order valence-corrected chi connectivity index (χ4v) is 4.89. The van der Waals surface area contributed by atoms with Crippen molar-refractivity contribution in [3.8, 4) is 0 Å². The van der Waals surface area contributed by atoms with Crippen LogP contribution in [0.25, 0.3) is 11.0 Å². The van der Waals surface area contributed by atoms with E-state index < -0.39 is 21.8 Å². The average Bonchev–Trinajstić information content (AvgIpc) is 3.40. The number of carbonyl (C=O) groups is 2. The smallest absolute Gasteiger partial charge is 0.339 e. The first-order chi connectivity index (χ1) is 16.1. The second-order valence-corrected chi connectivity index (χ2v) is 9.49. The normalized spacial score (nSPS) is 12.0. The topological polar surface area (TPSA) is 106 Å². The maximum Gasteiger partial charge on any atom is 0.339 e. The van der Waals surface area contributed by atoms with Gasteiger partial charge in [0.05, 0.1) is 40.8 Å². The average molecular weight is 487 g/mol. The molecule has 3 aromatic rings. The summed E-state index contributed by atoms with van der Waals surface area (Å²) in [6.45, 7) is 1.85. The zero-order valence-electron chi connectivity index (χ0n) is 19.6. The van der Waals surface area contributed by atoms with Gasteiger partial charge >= 0.3 is 11.9 Å². The molecule has 10 heteroatoms. The molecule has 0 amide bonds. The summed E-state index contributed by atoms with van der Waals surface area (Å²) in [7, 11) is 1.59. The third-order valence-electron chi connectivity index (χ3n) is 5.20. The lowest BCUT2D eigenvalue weighted by Crippen LogP contribution is -2.10. The van der Waals surface area contributed by atoms with Crippen LogP contribution < -0.4 is 0 Å². The minimum absolute atomic E-state index is 0.00632. The van der Waals surface area contributed by atoms with Crippen LogP contribution in [0, 0.1) is 6.92 Å². The van der Waals surface area contributed by atoms with E-state index in [1.54, 1.807) is 29.9 Å². The van der Waals surface area contributed by atoms with Crippen LogP contribution in [0.15, 0.2) is 53.7 Å². The molecule has 0 saturated carbocycles. The van der Waals surface area contributed by atoms with Crippen molar-refractivity contribution in [1.29, 1.82) is 0 Å². The lowest BCUT2D eigenvalue weighted by molar-refractivity contribution is 0.0591. The van der Waals surface area contributed by atoms with Crippen LogP contribution in [0.2, 0.25) is 0 Å². The summed E-state index contributed by atoms with van der Waals surface area (Å²) in [5.74, 6) is -1.16. The van der Waals surface area contributed by atoms with Gasteiger partial charge in [-0.15, -0.1) is 0 Å². The first-order valence-electron chi connectivity index (χ1n) is 10.2. The molecule has 0 aliphatic carbocycles. The monoisotopic (exact) mass is 486 g/mol. The Labute approximate surface area is 198 Å². The Balaban J connectivity index is 2.30. The summed E-state index contributed by atoms with van der Waals surface area (Å²) < 4.78 is 45.6. The number of methoxy groups -OCH3 is 3. The maximum atomic E-state index is 13.8. The van der Waals surface area contributed by atoms with Crippen LogP contribution in [0.5, 0.6) is 0 Å². The van der Waals surface area contributed by atoms with Crippen molar-refractivity contribution in [2.24, 2.45) is 7.05 Å². The molecule has 2 heterocycles. The van der Waals surface area contributed by atoms with E-state index in [-0.39, 0.29) is 33.4 Å². The van der Waals surface area contributed by atoms with Gasteiger partial charge in [0.2, 0.25) is 9.84 Å². The highest BCUT2D eigenvalue weighted by Crippen LogP contribution is 2.32. The van der Waals surface area contributed by atoms with Gasteiger partial charge in [0.1, 0.15) is 6.73 Å². The van der Waals surface area contributed by atoms with E-state index in [1.165, 1.54) is 62.4 Å². The number of sulfone groups is 1. The molecule has 3 rings (SSSR count). The van der Waals surface area contributed by atoms with Crippen molar-refractivity contribution < 1.29 is 32.2 Å². The molecule has 1 aromatic carbocycles. The van der Waals surface area contributed by atoms with Crippen LogP contribution in [0.3, 0.4) is 0 Å². The highest BCUT2D eigenvalue weighted by atomic mass is 32.2. The Morgan fingerprint density at radius 1 is 0.941 bits per heavy atom. The lowest BCUT2D eigenvalue weighted by atomic mass is 10.2. The molecule has 0 atom stereocenters. The minimum Gasteiger partial charge on any atom is -0.465 e. The van der Waals surface area contributed by atoms with Gasteiger partial charge in [0.25, 0.3) is 0 Å². The summed E-state index contributed by atoms with van der Waals surface area (Å²) >= 11 is 0. The maximum absolute atomic E-state index is 13.8. The molecule has 0 N–H and O–H groups in total. The molecule has 0 saturated heterocycles. The van der Waals surface area contributed by atoms with Crippen molar-refractivity contribution in [3.05, 3.63) is 76.9 Å². The van der Waals surface area contributed by atoms with Crippen molar-refractivity contribution in [2.45, 2.75) is 18.6 Å². The molecular weight excluding hydrogens is 460 g/mol. The Hall–Kier alpha value is -3.63. The third-order valence-corrected chi connectivity index (χ3v) is 7.00. The van der Waals surface area contributed by atoms with Crippen LogP contribution in [-0.4, -0.2) is 50.8 Å². The molecule has 0 spiro atoms. The lowest BCUT2D eigenvalue weighted by Gasteiger charge is -2.13. The number of hydrogen-bond donors (Lipinski definition) is 0. The molecule has 2 aromatic heterocycles. The highest BCUT2D eigenvalue weighted by molar-refractivity contribution is 8.00. The van der Waals surface area contributed by atoms with E-state index in [0.29, 0.717) is 5.69 Å². The van der Waals surface area contributed by atoms with Crippen LogP contribution in [0.4, 0.5) is 0 Å². The molecule has 0 radical (unpaired) electrons. The van der Waals surface area contributed by atoms with Crippen LogP contribution >= 0.6 is 0 Å². The van der Waals surface area contributed by atoms with Gasteiger partial charge in [-0.2, -0.15) is 0 Å². The van der Waals surface area contributed by atoms with Gasteiger partial charge in [-0.1, -0.05) is 17.7 Å². The number of aryl methyl sites for hydroxylation is 2. The zero-order valence-corrected chi connectivity index (χ0v) is 20.4. The van der Waals surface area contributed by atoms with Crippen molar-refractivity contribution in [3.63, 3.8) is 0 Å². The molecule has 34 heavy (non-hydrogen) atoms. The van der Waals surface area contributed by atoms with Crippen LogP contribution in [-0.2, 0) is 37.8 Å². The second-order valence-electron chi connectivity index (χ2n) is 7.57. The van der Waals surface area contributed by atoms with Crippen molar-refractivity contribution in [1.82, 2.24) is 9.13 Å². The summed E-state index contributed by atoms with van der Waals surface area (Å²) in [6.07, 6.45) is 4.46. The number of rotatable bonds is 8. The Kier molecular flexibility index (Phi) is 7.43. The number of ether oxygens (including phenoxy) is 3. The van der Waals surface area contributed by atoms with Crippen LogP contribution in [0.1, 0.15) is 37.7 Å². The SMILES string of the molecule is COCn1cc(C(=O)OC)cc1/C(=C\c1cc(C(=O)OC)cn1C)S(=O)(=O)c1ccc(C)cc1. The number of carbonyl (C=O) groups excluding carboxylic acids is 2. The van der Waals surface area contributed by atoms with Gasteiger partial charge in [0, 0.05) is 32.2 Å². The summed E-state index contributed by atoms with van der Waals surface area (Å²) in [5.41, 5.74) is 2.01. The van der Waals surface area contributed by atoms with Crippen molar-refractivity contribution in [2.75, 3.05) is 21.3 Å². The standard InChI is InChI=1S/C24H26N2O7S/c1-16-6-8-20(9-7-16)34(29,30)22(12-19-10-17(13-25(19)2)23(27)32-4)21-11-18(24(28)33-5)14-26(21)15-31-3/h6-14H,15H2,1-5H3/b22-12+. The highest BCUT2D eigenvalue weighted by Gasteiger charge is 2.27. The number of nitrogens with zero attached hydrogens (tertiary/aromatic N) is 2. The van der Waals surface area contributed by atoms with Gasteiger partial charge in [-0.25, -0.2) is 18.0 Å². The molecule has 0 fully saturated rings. The predicted molar refractivity (Wildman–Crippen MR) is 126 cm³/mol. The first-order valence-corrected chi connectivity index (χ1v) is 11.7. The van der Waals surface area contributed by atoms with E-state index >= 15 is 0 Å². The second kappa shape index (κ2) is 10.1. The number of aromatic nitrogens is 2. The molecule has 0 aliphatic heterocycles.